The minimum atomic E-state index is -0.399. The maximum Gasteiger partial charge on any atom is 0.341 e. The predicted octanol–water partition coefficient (Wildman–Crippen LogP) is 3.82. The first-order chi connectivity index (χ1) is 12.0. The second-order valence-corrected chi connectivity index (χ2v) is 8.05. The zero-order valence-corrected chi connectivity index (χ0v) is 15.6. The van der Waals surface area contributed by atoms with Crippen molar-refractivity contribution in [1.29, 1.82) is 0 Å². The summed E-state index contributed by atoms with van der Waals surface area (Å²) in [7, 11) is 0. The van der Waals surface area contributed by atoms with Crippen LogP contribution in [0.5, 0.6) is 0 Å². The van der Waals surface area contributed by atoms with Gasteiger partial charge in [-0.2, -0.15) is 0 Å². The molecule has 2 unspecified atom stereocenters. The molecule has 136 valence electrons. The highest BCUT2D eigenvalue weighted by Gasteiger charge is 2.41. The lowest BCUT2D eigenvalue weighted by molar-refractivity contribution is -0.136. The molecule has 0 aromatic carbocycles. The van der Waals surface area contributed by atoms with Gasteiger partial charge in [0.25, 0.3) is 0 Å². The number of esters is 1. The van der Waals surface area contributed by atoms with E-state index in [-0.39, 0.29) is 23.7 Å². The summed E-state index contributed by atoms with van der Waals surface area (Å²) in [6.45, 7) is 4.08. The number of thiophene rings is 1. The molecule has 0 spiro atoms. The number of rotatable bonds is 5. The topological polar surface area (TPSA) is 72.5 Å². The highest BCUT2D eigenvalue weighted by molar-refractivity contribution is 7.16. The molecule has 2 fully saturated rings. The molecule has 0 radical (unpaired) electrons. The summed E-state index contributed by atoms with van der Waals surface area (Å²) in [5, 5.41) is 3.52. The van der Waals surface area contributed by atoms with E-state index < -0.39 is 5.97 Å². The third-order valence-electron chi connectivity index (χ3n) is 5.28. The van der Waals surface area contributed by atoms with Crippen LogP contribution in [-0.2, 0) is 20.7 Å². The Kier molecular flexibility index (Phi) is 5.57. The smallest absolute Gasteiger partial charge is 0.341 e. The molecule has 0 saturated heterocycles. The number of carbonyl (C=O) groups excluding carboxylic acids is 3. The SMILES string of the molecule is CCOC(=O)c1cc(CC)sc1NC(=O)C1CC2CCCC(C1)C2=O. The van der Waals surface area contributed by atoms with Crippen molar-refractivity contribution in [3.8, 4) is 0 Å². The van der Waals surface area contributed by atoms with Crippen LogP contribution in [0.25, 0.3) is 0 Å². The standard InChI is InChI=1S/C19H25NO4S/c1-3-14-10-15(19(23)24-4-2)18(25-14)20-17(22)13-8-11-6-5-7-12(9-13)16(11)21/h10-13H,3-9H2,1-2H3,(H,20,22). The van der Waals surface area contributed by atoms with Gasteiger partial charge in [-0.1, -0.05) is 13.3 Å². The minimum Gasteiger partial charge on any atom is -0.462 e. The molecule has 1 amide bonds. The van der Waals surface area contributed by atoms with Crippen LogP contribution in [-0.4, -0.2) is 24.3 Å². The maximum atomic E-state index is 12.8. The van der Waals surface area contributed by atoms with Gasteiger partial charge in [0, 0.05) is 22.6 Å². The fraction of sp³-hybridized carbons (Fsp3) is 0.632. The van der Waals surface area contributed by atoms with Crippen LogP contribution in [0.1, 0.15) is 61.2 Å². The van der Waals surface area contributed by atoms with E-state index in [1.54, 1.807) is 13.0 Å². The van der Waals surface area contributed by atoms with Crippen molar-refractivity contribution in [2.45, 2.75) is 52.4 Å². The molecule has 6 heteroatoms. The van der Waals surface area contributed by atoms with Gasteiger partial charge in [0.2, 0.25) is 5.91 Å². The molecule has 1 aromatic heterocycles. The third-order valence-corrected chi connectivity index (χ3v) is 6.48. The van der Waals surface area contributed by atoms with Crippen LogP contribution in [0.15, 0.2) is 6.07 Å². The molecule has 0 aliphatic heterocycles. The Morgan fingerprint density at radius 1 is 1.24 bits per heavy atom. The van der Waals surface area contributed by atoms with E-state index in [0.717, 1.165) is 30.6 Å². The van der Waals surface area contributed by atoms with Crippen LogP contribution < -0.4 is 5.32 Å². The summed E-state index contributed by atoms with van der Waals surface area (Å²) in [5.74, 6) is -0.171. The van der Waals surface area contributed by atoms with Crippen LogP contribution >= 0.6 is 11.3 Å². The molecular formula is C19H25NO4S. The van der Waals surface area contributed by atoms with Gasteiger partial charge in [-0.3, -0.25) is 9.59 Å². The van der Waals surface area contributed by atoms with Gasteiger partial charge < -0.3 is 10.1 Å². The van der Waals surface area contributed by atoms with Crippen molar-refractivity contribution in [3.63, 3.8) is 0 Å². The van der Waals surface area contributed by atoms with Crippen LogP contribution in [0.4, 0.5) is 5.00 Å². The van der Waals surface area contributed by atoms with Crippen molar-refractivity contribution in [3.05, 3.63) is 16.5 Å². The van der Waals surface area contributed by atoms with E-state index in [1.165, 1.54) is 11.3 Å². The number of aryl methyl sites for hydroxylation is 1. The molecule has 25 heavy (non-hydrogen) atoms. The van der Waals surface area contributed by atoms with E-state index in [0.29, 0.717) is 35.8 Å². The summed E-state index contributed by atoms with van der Waals surface area (Å²) < 4.78 is 5.10. The number of fused-ring (bicyclic) bond motifs is 2. The lowest BCUT2D eigenvalue weighted by Crippen LogP contribution is -2.40. The molecule has 1 aromatic rings. The second-order valence-electron chi connectivity index (χ2n) is 6.91. The number of nitrogens with one attached hydrogen (secondary N) is 1. The Morgan fingerprint density at radius 3 is 2.52 bits per heavy atom. The number of Topliss-reactive ketones (excluding diaryl/α,β-unsaturated/α-hetero) is 1. The summed E-state index contributed by atoms with van der Waals surface area (Å²) >= 11 is 1.43. The van der Waals surface area contributed by atoms with Crippen molar-refractivity contribution in [2.75, 3.05) is 11.9 Å². The van der Waals surface area contributed by atoms with Crippen molar-refractivity contribution in [1.82, 2.24) is 0 Å². The van der Waals surface area contributed by atoms with Crippen molar-refractivity contribution >= 4 is 34.0 Å². The predicted molar refractivity (Wildman–Crippen MR) is 96.8 cm³/mol. The van der Waals surface area contributed by atoms with E-state index in [9.17, 15) is 14.4 Å². The first kappa shape index (κ1) is 18.1. The van der Waals surface area contributed by atoms with Crippen LogP contribution in [0.2, 0.25) is 0 Å². The molecule has 2 bridgehead atoms. The lowest BCUT2D eigenvalue weighted by atomic mass is 9.67. The number of ether oxygens (including phenoxy) is 1. The van der Waals surface area contributed by atoms with E-state index >= 15 is 0 Å². The highest BCUT2D eigenvalue weighted by Crippen LogP contribution is 2.41. The quantitative estimate of drug-likeness (QED) is 0.807. The van der Waals surface area contributed by atoms with Gasteiger partial charge >= 0.3 is 5.97 Å². The molecule has 3 rings (SSSR count). The molecule has 1 N–H and O–H groups in total. The normalized spacial score (nSPS) is 25.5. The van der Waals surface area contributed by atoms with Crippen LogP contribution in [0.3, 0.4) is 0 Å². The van der Waals surface area contributed by atoms with E-state index in [2.05, 4.69) is 5.32 Å². The van der Waals surface area contributed by atoms with Gasteiger partial charge in [-0.25, -0.2) is 4.79 Å². The lowest BCUT2D eigenvalue weighted by Gasteiger charge is -2.36. The summed E-state index contributed by atoms with van der Waals surface area (Å²) in [5.41, 5.74) is 0.434. The first-order valence-electron chi connectivity index (χ1n) is 9.17. The van der Waals surface area contributed by atoms with Crippen molar-refractivity contribution in [2.24, 2.45) is 17.8 Å². The summed E-state index contributed by atoms with van der Waals surface area (Å²) in [6.07, 6.45) is 4.99. The Morgan fingerprint density at radius 2 is 1.92 bits per heavy atom. The van der Waals surface area contributed by atoms with Gasteiger partial charge in [-0.15, -0.1) is 11.3 Å². The van der Waals surface area contributed by atoms with Crippen LogP contribution in [0, 0.1) is 17.8 Å². The summed E-state index contributed by atoms with van der Waals surface area (Å²) in [4.78, 5) is 38.1. The third kappa shape index (κ3) is 3.78. The van der Waals surface area contributed by atoms with Gasteiger partial charge in [0.1, 0.15) is 10.8 Å². The Labute approximate surface area is 152 Å². The molecular weight excluding hydrogens is 338 g/mol. The highest BCUT2D eigenvalue weighted by atomic mass is 32.1. The Hall–Kier alpha value is -1.69. The number of hydrogen-bond donors (Lipinski definition) is 1. The number of anilines is 1. The first-order valence-corrected chi connectivity index (χ1v) is 9.99. The monoisotopic (exact) mass is 363 g/mol. The van der Waals surface area contributed by atoms with E-state index in [4.69, 9.17) is 4.74 Å². The van der Waals surface area contributed by atoms with Gasteiger partial charge in [0.05, 0.1) is 12.2 Å². The van der Waals surface area contributed by atoms with Crippen molar-refractivity contribution < 1.29 is 19.1 Å². The number of carbonyl (C=O) groups is 3. The molecule has 1 heterocycles. The Balaban J connectivity index is 1.73. The zero-order chi connectivity index (χ0) is 18.0. The summed E-state index contributed by atoms with van der Waals surface area (Å²) in [6, 6.07) is 1.80. The average molecular weight is 363 g/mol. The van der Waals surface area contributed by atoms with E-state index in [1.807, 2.05) is 6.92 Å². The second kappa shape index (κ2) is 7.68. The number of amides is 1. The molecule has 2 aliphatic rings. The molecule has 2 saturated carbocycles. The Bertz CT molecular complexity index is 665. The molecule has 2 aliphatic carbocycles. The van der Waals surface area contributed by atoms with Gasteiger partial charge in [0.15, 0.2) is 0 Å². The number of ketones is 1. The largest absolute Gasteiger partial charge is 0.462 e. The zero-order valence-electron chi connectivity index (χ0n) is 14.8. The maximum absolute atomic E-state index is 12.8. The number of hydrogen-bond acceptors (Lipinski definition) is 5. The fourth-order valence-corrected chi connectivity index (χ4v) is 4.96. The average Bonchev–Trinajstić information content (AvgIpc) is 2.97. The minimum absolute atomic E-state index is 0.0438. The molecule has 2 atom stereocenters. The fourth-order valence-electron chi connectivity index (χ4n) is 3.98. The molecule has 5 nitrogen and oxygen atoms in total. The van der Waals surface area contributed by atoms with Gasteiger partial charge in [-0.05, 0) is 45.1 Å².